The van der Waals surface area contributed by atoms with Gasteiger partial charge in [0.1, 0.15) is 11.6 Å². The lowest BCUT2D eigenvalue weighted by Crippen LogP contribution is -2.14. The van der Waals surface area contributed by atoms with E-state index in [9.17, 15) is 13.9 Å². The van der Waals surface area contributed by atoms with Gasteiger partial charge in [0.15, 0.2) is 0 Å². The number of rotatable bonds is 4. The Morgan fingerprint density at radius 1 is 1.18 bits per heavy atom. The number of hydrogen-bond acceptors (Lipinski definition) is 3. The van der Waals surface area contributed by atoms with Gasteiger partial charge in [-0.05, 0) is 24.1 Å². The molecule has 17 heavy (non-hydrogen) atoms. The molecule has 2 rings (SSSR count). The number of nitrogens with zero attached hydrogens (tertiary/aromatic N) is 1. The van der Waals surface area contributed by atoms with Gasteiger partial charge in [-0.2, -0.15) is 0 Å². The summed E-state index contributed by atoms with van der Waals surface area (Å²) in [5.74, 6) is -1.25. The van der Waals surface area contributed by atoms with Crippen molar-refractivity contribution in [3.8, 4) is 0 Å². The summed E-state index contributed by atoms with van der Waals surface area (Å²) >= 11 is 1.45. The van der Waals surface area contributed by atoms with Crippen molar-refractivity contribution in [2.75, 3.05) is 0 Å². The highest BCUT2D eigenvalue weighted by atomic mass is 32.1. The predicted molar refractivity (Wildman–Crippen MR) is 61.9 cm³/mol. The van der Waals surface area contributed by atoms with Gasteiger partial charge in [0, 0.05) is 24.1 Å². The second-order valence-electron chi connectivity index (χ2n) is 3.77. The molecular formula is C12H11F2NOS. The standard InChI is InChI=1S/C12H11F2NOS/c13-9-3-8(4-10(14)6-9)5-11(16)7-12-15-1-2-17-12/h1-4,6,11,16H,5,7H2. The fourth-order valence-corrected chi connectivity index (χ4v) is 2.32. The second kappa shape index (κ2) is 5.33. The van der Waals surface area contributed by atoms with E-state index in [-0.39, 0.29) is 6.42 Å². The zero-order valence-electron chi connectivity index (χ0n) is 8.94. The first-order valence-corrected chi connectivity index (χ1v) is 6.03. The Balaban J connectivity index is 2.00. The summed E-state index contributed by atoms with van der Waals surface area (Å²) in [6.07, 6.45) is 1.60. The lowest BCUT2D eigenvalue weighted by molar-refractivity contribution is 0.175. The molecule has 1 aromatic carbocycles. The van der Waals surface area contributed by atoms with Gasteiger partial charge in [-0.1, -0.05) is 0 Å². The molecule has 1 N–H and O–H groups in total. The van der Waals surface area contributed by atoms with Gasteiger partial charge >= 0.3 is 0 Å². The molecule has 1 aromatic heterocycles. The molecule has 2 aromatic rings. The number of halogens is 2. The molecule has 0 aliphatic rings. The maximum atomic E-state index is 12.9. The molecule has 0 radical (unpaired) electrons. The molecule has 0 aliphatic carbocycles. The van der Waals surface area contributed by atoms with Crippen molar-refractivity contribution in [2.45, 2.75) is 18.9 Å². The van der Waals surface area contributed by atoms with Crippen LogP contribution in [0.3, 0.4) is 0 Å². The van der Waals surface area contributed by atoms with Gasteiger partial charge in [-0.3, -0.25) is 0 Å². The number of aromatic nitrogens is 1. The van der Waals surface area contributed by atoms with E-state index in [1.165, 1.54) is 23.5 Å². The van der Waals surface area contributed by atoms with E-state index in [2.05, 4.69) is 4.98 Å². The van der Waals surface area contributed by atoms with Crippen molar-refractivity contribution < 1.29 is 13.9 Å². The summed E-state index contributed by atoms with van der Waals surface area (Å²) in [5, 5.41) is 12.4. The van der Waals surface area contributed by atoms with Gasteiger partial charge in [0.05, 0.1) is 11.1 Å². The van der Waals surface area contributed by atoms with Crippen molar-refractivity contribution in [2.24, 2.45) is 0 Å². The van der Waals surface area contributed by atoms with Crippen molar-refractivity contribution in [1.29, 1.82) is 0 Å². The van der Waals surface area contributed by atoms with Gasteiger partial charge in [-0.15, -0.1) is 11.3 Å². The third kappa shape index (κ3) is 3.57. The Kier molecular flexibility index (Phi) is 3.81. The molecule has 0 spiro atoms. The lowest BCUT2D eigenvalue weighted by Gasteiger charge is -2.09. The first-order chi connectivity index (χ1) is 8.13. The average molecular weight is 255 g/mol. The molecule has 0 saturated carbocycles. The van der Waals surface area contributed by atoms with E-state index in [1.807, 2.05) is 5.38 Å². The average Bonchev–Trinajstić information content (AvgIpc) is 2.67. The summed E-state index contributed by atoms with van der Waals surface area (Å²) in [5.41, 5.74) is 0.451. The van der Waals surface area contributed by atoms with Crippen LogP contribution in [-0.2, 0) is 12.8 Å². The minimum Gasteiger partial charge on any atom is -0.392 e. The Labute approximate surface area is 102 Å². The van der Waals surface area contributed by atoms with Crippen LogP contribution < -0.4 is 0 Å². The van der Waals surface area contributed by atoms with Crippen LogP contribution in [0.1, 0.15) is 10.6 Å². The molecule has 1 heterocycles. The van der Waals surface area contributed by atoms with Gasteiger partial charge < -0.3 is 5.11 Å². The predicted octanol–water partition coefficient (Wildman–Crippen LogP) is 2.57. The Hall–Kier alpha value is -1.33. The second-order valence-corrected chi connectivity index (χ2v) is 4.74. The highest BCUT2D eigenvalue weighted by molar-refractivity contribution is 7.09. The third-order valence-corrected chi connectivity index (χ3v) is 3.09. The highest BCUT2D eigenvalue weighted by Crippen LogP contribution is 2.13. The topological polar surface area (TPSA) is 33.1 Å². The van der Waals surface area contributed by atoms with Gasteiger partial charge in [0.2, 0.25) is 0 Å². The summed E-state index contributed by atoms with van der Waals surface area (Å²) in [7, 11) is 0. The number of aliphatic hydroxyl groups is 1. The molecule has 5 heteroatoms. The van der Waals surface area contributed by atoms with Crippen LogP contribution in [0.5, 0.6) is 0 Å². The first kappa shape index (κ1) is 12.1. The monoisotopic (exact) mass is 255 g/mol. The van der Waals surface area contributed by atoms with Gasteiger partial charge in [0.25, 0.3) is 0 Å². The van der Waals surface area contributed by atoms with Crippen LogP contribution in [0.25, 0.3) is 0 Å². The van der Waals surface area contributed by atoms with Crippen LogP contribution >= 0.6 is 11.3 Å². The van der Waals surface area contributed by atoms with E-state index in [0.717, 1.165) is 11.1 Å². The van der Waals surface area contributed by atoms with Crippen LogP contribution in [0.4, 0.5) is 8.78 Å². The Morgan fingerprint density at radius 2 is 1.88 bits per heavy atom. The molecule has 90 valence electrons. The number of aliphatic hydroxyl groups excluding tert-OH is 1. The van der Waals surface area contributed by atoms with Crippen LogP contribution in [0.15, 0.2) is 29.8 Å². The number of thiazole rings is 1. The minimum absolute atomic E-state index is 0.217. The van der Waals surface area contributed by atoms with E-state index >= 15 is 0 Å². The lowest BCUT2D eigenvalue weighted by atomic mass is 10.1. The first-order valence-electron chi connectivity index (χ1n) is 5.15. The molecule has 0 aliphatic heterocycles. The van der Waals surface area contributed by atoms with E-state index in [1.54, 1.807) is 6.20 Å². The van der Waals surface area contributed by atoms with Crippen molar-refractivity contribution in [3.63, 3.8) is 0 Å². The zero-order valence-corrected chi connectivity index (χ0v) is 9.75. The molecule has 0 saturated heterocycles. The van der Waals surface area contributed by atoms with Crippen LogP contribution in [-0.4, -0.2) is 16.2 Å². The van der Waals surface area contributed by atoms with Crippen molar-refractivity contribution >= 4 is 11.3 Å². The minimum atomic E-state index is -0.678. The SMILES string of the molecule is OC(Cc1cc(F)cc(F)c1)Cc1nccs1. The van der Waals surface area contributed by atoms with E-state index in [4.69, 9.17) is 0 Å². The van der Waals surface area contributed by atoms with Crippen LogP contribution in [0.2, 0.25) is 0 Å². The normalized spacial score (nSPS) is 12.6. The fraction of sp³-hybridized carbons (Fsp3) is 0.250. The van der Waals surface area contributed by atoms with E-state index < -0.39 is 17.7 Å². The zero-order chi connectivity index (χ0) is 12.3. The summed E-state index contributed by atoms with van der Waals surface area (Å²) in [4.78, 5) is 4.04. The highest BCUT2D eigenvalue weighted by Gasteiger charge is 2.10. The maximum absolute atomic E-state index is 12.9. The summed E-state index contributed by atoms with van der Waals surface area (Å²) < 4.78 is 25.8. The fourth-order valence-electron chi connectivity index (χ4n) is 1.63. The quantitative estimate of drug-likeness (QED) is 0.910. The van der Waals surface area contributed by atoms with Crippen molar-refractivity contribution in [3.05, 3.63) is 52.0 Å². The van der Waals surface area contributed by atoms with E-state index in [0.29, 0.717) is 12.0 Å². The molecule has 0 fully saturated rings. The summed E-state index contributed by atoms with van der Waals surface area (Å²) in [6.45, 7) is 0. The van der Waals surface area contributed by atoms with Gasteiger partial charge in [-0.25, -0.2) is 13.8 Å². The smallest absolute Gasteiger partial charge is 0.126 e. The molecule has 2 nitrogen and oxygen atoms in total. The maximum Gasteiger partial charge on any atom is 0.126 e. The number of benzene rings is 1. The Morgan fingerprint density at radius 3 is 2.47 bits per heavy atom. The molecule has 1 unspecified atom stereocenters. The molecule has 0 amide bonds. The number of hydrogen-bond donors (Lipinski definition) is 1. The summed E-state index contributed by atoms with van der Waals surface area (Å²) in [6, 6.07) is 3.28. The van der Waals surface area contributed by atoms with Crippen molar-refractivity contribution in [1.82, 2.24) is 4.98 Å². The Bertz CT molecular complexity index is 467. The molecular weight excluding hydrogens is 244 g/mol. The molecule has 1 atom stereocenters. The van der Waals surface area contributed by atoms with Crippen LogP contribution in [0, 0.1) is 11.6 Å². The largest absolute Gasteiger partial charge is 0.392 e. The third-order valence-electron chi connectivity index (χ3n) is 2.29. The molecule has 0 bridgehead atoms.